The third-order valence-corrected chi connectivity index (χ3v) is 3.19. The van der Waals surface area contributed by atoms with Crippen molar-refractivity contribution in [3.05, 3.63) is 57.8 Å². The maximum Gasteiger partial charge on any atom is 0.252 e. The number of rotatable bonds is 3. The molecule has 1 aromatic carbocycles. The zero-order valence-electron chi connectivity index (χ0n) is 10.2. The SMILES string of the molecule is O=C(NCc1ccc(C#CCO)cc1)c1ccsc1. The highest BCUT2D eigenvalue weighted by Gasteiger charge is 2.04. The molecule has 19 heavy (non-hydrogen) atoms. The van der Waals surface area contributed by atoms with Gasteiger partial charge in [-0.25, -0.2) is 0 Å². The van der Waals surface area contributed by atoms with Crippen molar-refractivity contribution >= 4 is 17.2 Å². The Kier molecular flexibility index (Phi) is 4.73. The number of hydrogen-bond acceptors (Lipinski definition) is 3. The highest BCUT2D eigenvalue weighted by atomic mass is 32.1. The minimum atomic E-state index is -0.140. The lowest BCUT2D eigenvalue weighted by Crippen LogP contribution is -2.22. The van der Waals surface area contributed by atoms with Crippen LogP contribution in [-0.4, -0.2) is 17.6 Å². The van der Waals surface area contributed by atoms with Crippen LogP contribution in [0.15, 0.2) is 41.1 Å². The van der Waals surface area contributed by atoms with Crippen molar-refractivity contribution in [2.75, 3.05) is 6.61 Å². The van der Waals surface area contributed by atoms with Crippen molar-refractivity contribution in [1.29, 1.82) is 0 Å². The Morgan fingerprint density at radius 3 is 2.68 bits per heavy atom. The van der Waals surface area contributed by atoms with Gasteiger partial charge in [0.1, 0.15) is 6.61 Å². The van der Waals surface area contributed by atoms with E-state index >= 15 is 0 Å². The molecular weight excluding hydrogens is 258 g/mol. The van der Waals surface area contributed by atoms with Crippen LogP contribution in [0, 0.1) is 11.8 Å². The third kappa shape index (κ3) is 3.95. The zero-order valence-corrected chi connectivity index (χ0v) is 11.0. The summed E-state index contributed by atoms with van der Waals surface area (Å²) in [6.45, 7) is 0.348. The van der Waals surface area contributed by atoms with Crippen LogP contribution in [0.1, 0.15) is 21.5 Å². The van der Waals surface area contributed by atoms with Gasteiger partial charge in [0.25, 0.3) is 5.91 Å². The van der Waals surface area contributed by atoms with Gasteiger partial charge < -0.3 is 10.4 Å². The number of aliphatic hydroxyl groups is 1. The number of benzene rings is 1. The number of carbonyl (C=O) groups excluding carboxylic acids is 1. The van der Waals surface area contributed by atoms with Crippen molar-refractivity contribution in [3.8, 4) is 11.8 Å². The standard InChI is InChI=1S/C15H13NO2S/c17-8-1-2-12-3-5-13(6-4-12)10-16-15(18)14-7-9-19-11-14/h3-7,9,11,17H,8,10H2,(H,16,18). The largest absolute Gasteiger partial charge is 0.384 e. The summed E-state index contributed by atoms with van der Waals surface area (Å²) >= 11 is 1.50. The predicted molar refractivity (Wildman–Crippen MR) is 75.9 cm³/mol. The van der Waals surface area contributed by atoms with Crippen LogP contribution in [0.3, 0.4) is 0 Å². The zero-order chi connectivity index (χ0) is 13.5. The fourth-order valence-corrected chi connectivity index (χ4v) is 2.16. The number of nitrogens with one attached hydrogen (secondary N) is 1. The minimum Gasteiger partial charge on any atom is -0.384 e. The van der Waals surface area contributed by atoms with Gasteiger partial charge in [-0.3, -0.25) is 4.79 Å². The molecule has 96 valence electrons. The van der Waals surface area contributed by atoms with E-state index in [1.165, 1.54) is 11.3 Å². The quantitative estimate of drug-likeness (QED) is 0.839. The summed E-state index contributed by atoms with van der Waals surface area (Å²) in [6, 6.07) is 9.36. The summed E-state index contributed by atoms with van der Waals surface area (Å²) in [5, 5.41) is 15.2. The van der Waals surface area contributed by atoms with E-state index in [1.54, 1.807) is 6.07 Å². The second kappa shape index (κ2) is 6.74. The molecule has 0 bridgehead atoms. The first kappa shape index (κ1) is 13.3. The van der Waals surface area contributed by atoms with E-state index in [0.717, 1.165) is 11.1 Å². The molecule has 0 atom stereocenters. The topological polar surface area (TPSA) is 49.3 Å². The van der Waals surface area contributed by atoms with Crippen molar-refractivity contribution < 1.29 is 9.90 Å². The van der Waals surface area contributed by atoms with Crippen LogP contribution >= 0.6 is 11.3 Å². The summed E-state index contributed by atoms with van der Waals surface area (Å²) in [5.74, 6) is 5.35. The van der Waals surface area contributed by atoms with Gasteiger partial charge in [-0.1, -0.05) is 24.0 Å². The first-order chi connectivity index (χ1) is 9.29. The molecule has 0 fully saturated rings. The van der Waals surface area contributed by atoms with Gasteiger partial charge in [-0.2, -0.15) is 11.3 Å². The van der Waals surface area contributed by atoms with Crippen LogP contribution in [0.25, 0.3) is 0 Å². The monoisotopic (exact) mass is 271 g/mol. The molecule has 4 heteroatoms. The molecule has 0 unspecified atom stereocenters. The van der Waals surface area contributed by atoms with E-state index in [-0.39, 0.29) is 12.5 Å². The minimum absolute atomic E-state index is 0.0644. The molecule has 2 aromatic rings. The fraction of sp³-hybridized carbons (Fsp3) is 0.133. The molecule has 2 rings (SSSR count). The second-order valence-corrected chi connectivity index (χ2v) is 4.63. The van der Waals surface area contributed by atoms with E-state index in [9.17, 15) is 4.79 Å². The van der Waals surface area contributed by atoms with E-state index in [0.29, 0.717) is 12.1 Å². The molecule has 1 aromatic heterocycles. The van der Waals surface area contributed by atoms with Crippen molar-refractivity contribution in [1.82, 2.24) is 5.32 Å². The van der Waals surface area contributed by atoms with Gasteiger partial charge in [-0.05, 0) is 29.1 Å². The summed E-state index contributed by atoms with van der Waals surface area (Å²) in [5.41, 5.74) is 2.55. The summed E-state index contributed by atoms with van der Waals surface area (Å²) in [6.07, 6.45) is 0. The molecule has 0 aliphatic heterocycles. The Morgan fingerprint density at radius 1 is 1.26 bits per heavy atom. The molecule has 0 aliphatic carbocycles. The van der Waals surface area contributed by atoms with Crippen LogP contribution < -0.4 is 5.32 Å². The average Bonchev–Trinajstić information content (AvgIpc) is 2.98. The third-order valence-electron chi connectivity index (χ3n) is 2.50. The molecule has 0 aliphatic rings. The second-order valence-electron chi connectivity index (χ2n) is 3.85. The lowest BCUT2D eigenvalue weighted by atomic mass is 10.1. The van der Waals surface area contributed by atoms with E-state index in [2.05, 4.69) is 17.2 Å². The summed E-state index contributed by atoms with van der Waals surface area (Å²) in [4.78, 5) is 11.7. The van der Waals surface area contributed by atoms with Crippen molar-refractivity contribution in [3.63, 3.8) is 0 Å². The van der Waals surface area contributed by atoms with Crippen molar-refractivity contribution in [2.45, 2.75) is 6.54 Å². The lowest BCUT2D eigenvalue weighted by Gasteiger charge is -2.04. The van der Waals surface area contributed by atoms with E-state index < -0.39 is 0 Å². The molecule has 2 N–H and O–H groups in total. The van der Waals surface area contributed by atoms with Gasteiger partial charge >= 0.3 is 0 Å². The van der Waals surface area contributed by atoms with E-state index in [4.69, 9.17) is 5.11 Å². The number of aliphatic hydroxyl groups excluding tert-OH is 1. The lowest BCUT2D eigenvalue weighted by molar-refractivity contribution is 0.0951. The van der Waals surface area contributed by atoms with Crippen LogP contribution in [0.5, 0.6) is 0 Å². The molecular formula is C15H13NO2S. The molecule has 1 heterocycles. The van der Waals surface area contributed by atoms with E-state index in [1.807, 2.05) is 35.0 Å². The molecule has 0 spiro atoms. The van der Waals surface area contributed by atoms with Gasteiger partial charge in [0.05, 0.1) is 0 Å². The number of hydrogen-bond donors (Lipinski definition) is 2. The summed E-state index contributed by atoms with van der Waals surface area (Å²) in [7, 11) is 0. The van der Waals surface area contributed by atoms with Gasteiger partial charge in [-0.15, -0.1) is 0 Å². The maximum atomic E-state index is 11.7. The molecule has 0 saturated carbocycles. The molecule has 0 saturated heterocycles. The predicted octanol–water partition coefficient (Wildman–Crippen LogP) is 2.02. The Labute approximate surface area is 115 Å². The van der Waals surface area contributed by atoms with Crippen LogP contribution in [0.2, 0.25) is 0 Å². The van der Waals surface area contributed by atoms with Gasteiger partial charge in [0.2, 0.25) is 0 Å². The normalized spacial score (nSPS) is 9.53. The number of thiophene rings is 1. The maximum absolute atomic E-state index is 11.7. The first-order valence-corrected chi connectivity index (χ1v) is 6.73. The Hall–Kier alpha value is -2.09. The van der Waals surface area contributed by atoms with Gasteiger partial charge in [0.15, 0.2) is 0 Å². The molecule has 3 nitrogen and oxygen atoms in total. The fourth-order valence-electron chi connectivity index (χ4n) is 1.53. The smallest absolute Gasteiger partial charge is 0.252 e. The van der Waals surface area contributed by atoms with Gasteiger partial charge in [0, 0.05) is 23.1 Å². The molecule has 0 radical (unpaired) electrons. The Bertz CT molecular complexity index is 591. The van der Waals surface area contributed by atoms with Crippen LogP contribution in [-0.2, 0) is 6.54 Å². The highest BCUT2D eigenvalue weighted by molar-refractivity contribution is 7.08. The first-order valence-electron chi connectivity index (χ1n) is 5.78. The van der Waals surface area contributed by atoms with Crippen LogP contribution in [0.4, 0.5) is 0 Å². The average molecular weight is 271 g/mol. The number of carbonyl (C=O) groups is 1. The molecule has 1 amide bonds. The van der Waals surface area contributed by atoms with Crippen molar-refractivity contribution in [2.24, 2.45) is 0 Å². The highest BCUT2D eigenvalue weighted by Crippen LogP contribution is 2.07. The number of amides is 1. The Balaban J connectivity index is 1.91. The summed E-state index contributed by atoms with van der Waals surface area (Å²) < 4.78 is 0. The Morgan fingerprint density at radius 2 is 2.05 bits per heavy atom.